The van der Waals surface area contributed by atoms with E-state index in [-0.39, 0.29) is 5.82 Å². The van der Waals surface area contributed by atoms with Crippen LogP contribution in [-0.2, 0) is 13.6 Å². The number of hydrogen-bond acceptors (Lipinski definition) is 2. The third kappa shape index (κ3) is 2.73. The number of halogens is 2. The van der Waals surface area contributed by atoms with Crippen LogP contribution in [0.4, 0.5) is 10.1 Å². The minimum atomic E-state index is -0.324. The summed E-state index contributed by atoms with van der Waals surface area (Å²) in [5.74, 6) is -0.324. The fourth-order valence-electron chi connectivity index (χ4n) is 1.43. The van der Waals surface area contributed by atoms with Crippen LogP contribution in [0.1, 0.15) is 5.56 Å². The summed E-state index contributed by atoms with van der Waals surface area (Å²) in [6, 6.07) is 4.47. The predicted molar refractivity (Wildman–Crippen MR) is 61.9 cm³/mol. The molecule has 0 saturated heterocycles. The molecule has 1 heterocycles. The molecule has 16 heavy (non-hydrogen) atoms. The molecule has 2 aromatic rings. The molecule has 5 heteroatoms. The second-order valence-corrected chi connectivity index (χ2v) is 3.97. The number of hydrogen-bond donors (Lipinski definition) is 1. The monoisotopic (exact) mass is 239 g/mol. The van der Waals surface area contributed by atoms with Crippen molar-refractivity contribution in [3.8, 4) is 0 Å². The molecule has 1 aromatic carbocycles. The highest BCUT2D eigenvalue weighted by atomic mass is 35.5. The number of nitrogens with zero attached hydrogens (tertiary/aromatic N) is 2. The van der Waals surface area contributed by atoms with Gasteiger partial charge in [0.2, 0.25) is 0 Å². The molecule has 0 aliphatic carbocycles. The molecular formula is C11H11ClFN3. The molecule has 2 rings (SSSR count). The summed E-state index contributed by atoms with van der Waals surface area (Å²) in [6.07, 6.45) is 3.56. The van der Waals surface area contributed by atoms with Crippen LogP contribution in [-0.4, -0.2) is 9.78 Å². The number of benzene rings is 1. The van der Waals surface area contributed by atoms with E-state index in [4.69, 9.17) is 11.6 Å². The van der Waals surface area contributed by atoms with Gasteiger partial charge in [-0.1, -0.05) is 11.6 Å². The molecule has 0 spiro atoms. The Morgan fingerprint density at radius 2 is 2.25 bits per heavy atom. The van der Waals surface area contributed by atoms with Gasteiger partial charge in [0, 0.05) is 24.8 Å². The van der Waals surface area contributed by atoms with E-state index in [1.165, 1.54) is 12.1 Å². The maximum atomic E-state index is 13.0. The molecule has 0 aliphatic rings. The van der Waals surface area contributed by atoms with Gasteiger partial charge in [-0.3, -0.25) is 4.68 Å². The van der Waals surface area contributed by atoms with E-state index in [1.54, 1.807) is 16.9 Å². The second kappa shape index (κ2) is 4.53. The Kier molecular flexibility index (Phi) is 3.10. The Morgan fingerprint density at radius 1 is 1.44 bits per heavy atom. The summed E-state index contributed by atoms with van der Waals surface area (Å²) in [5, 5.41) is 7.55. The molecule has 0 amide bonds. The molecule has 0 unspecified atom stereocenters. The summed E-state index contributed by atoms with van der Waals surface area (Å²) >= 11 is 5.75. The summed E-state index contributed by atoms with van der Waals surface area (Å²) in [4.78, 5) is 0. The summed E-state index contributed by atoms with van der Waals surface area (Å²) < 4.78 is 14.7. The Bertz CT molecular complexity index is 475. The summed E-state index contributed by atoms with van der Waals surface area (Å²) in [6.45, 7) is 0.517. The maximum absolute atomic E-state index is 13.0. The number of aryl methyl sites for hydroxylation is 1. The van der Waals surface area contributed by atoms with Crippen molar-refractivity contribution >= 4 is 17.3 Å². The van der Waals surface area contributed by atoms with E-state index in [0.29, 0.717) is 11.6 Å². The average molecular weight is 240 g/mol. The van der Waals surface area contributed by atoms with Gasteiger partial charge in [0.25, 0.3) is 0 Å². The van der Waals surface area contributed by atoms with Gasteiger partial charge in [-0.15, -0.1) is 0 Å². The molecular weight excluding hydrogens is 229 g/mol. The molecule has 0 saturated carbocycles. The SMILES string of the molecule is Cn1cc(NCc2cc(F)cc(Cl)c2)cn1. The number of rotatable bonds is 3. The smallest absolute Gasteiger partial charge is 0.125 e. The minimum absolute atomic E-state index is 0.324. The maximum Gasteiger partial charge on any atom is 0.125 e. The lowest BCUT2D eigenvalue weighted by molar-refractivity contribution is 0.626. The number of aromatic nitrogens is 2. The molecule has 0 bridgehead atoms. The van der Waals surface area contributed by atoms with Crippen LogP contribution in [0.15, 0.2) is 30.6 Å². The predicted octanol–water partition coefficient (Wildman–Crippen LogP) is 2.82. The van der Waals surface area contributed by atoms with E-state index >= 15 is 0 Å². The largest absolute Gasteiger partial charge is 0.378 e. The van der Waals surface area contributed by atoms with Gasteiger partial charge < -0.3 is 5.32 Å². The van der Waals surface area contributed by atoms with Gasteiger partial charge in [-0.25, -0.2) is 4.39 Å². The van der Waals surface area contributed by atoms with Crippen molar-refractivity contribution < 1.29 is 4.39 Å². The zero-order valence-electron chi connectivity index (χ0n) is 8.74. The Balaban J connectivity index is 2.04. The lowest BCUT2D eigenvalue weighted by Crippen LogP contribution is -1.99. The Morgan fingerprint density at radius 3 is 2.88 bits per heavy atom. The first kappa shape index (κ1) is 11.0. The van der Waals surface area contributed by atoms with E-state index in [0.717, 1.165) is 11.3 Å². The van der Waals surface area contributed by atoms with Crippen molar-refractivity contribution in [2.45, 2.75) is 6.54 Å². The van der Waals surface area contributed by atoms with Crippen molar-refractivity contribution in [3.05, 3.63) is 47.0 Å². The van der Waals surface area contributed by atoms with Gasteiger partial charge in [-0.2, -0.15) is 5.10 Å². The molecule has 0 fully saturated rings. The first-order valence-corrected chi connectivity index (χ1v) is 5.19. The van der Waals surface area contributed by atoms with Gasteiger partial charge >= 0.3 is 0 Å². The normalized spacial score (nSPS) is 10.4. The van der Waals surface area contributed by atoms with Crippen molar-refractivity contribution in [2.75, 3.05) is 5.32 Å². The van der Waals surface area contributed by atoms with Crippen LogP contribution in [0.2, 0.25) is 5.02 Å². The molecule has 0 aliphatic heterocycles. The molecule has 0 radical (unpaired) electrons. The molecule has 1 aromatic heterocycles. The zero-order valence-corrected chi connectivity index (χ0v) is 9.50. The van der Waals surface area contributed by atoms with Gasteiger partial charge in [0.15, 0.2) is 0 Å². The topological polar surface area (TPSA) is 29.9 Å². The van der Waals surface area contributed by atoms with Crippen LogP contribution >= 0.6 is 11.6 Å². The second-order valence-electron chi connectivity index (χ2n) is 3.53. The Hall–Kier alpha value is -1.55. The average Bonchev–Trinajstić information content (AvgIpc) is 2.60. The standard InChI is InChI=1S/C11H11ClFN3/c1-16-7-11(6-15-16)14-5-8-2-9(12)4-10(13)3-8/h2-4,6-7,14H,5H2,1H3. The lowest BCUT2D eigenvalue weighted by atomic mass is 10.2. The van der Waals surface area contributed by atoms with Crippen molar-refractivity contribution in [1.29, 1.82) is 0 Å². The van der Waals surface area contributed by atoms with Crippen LogP contribution in [0, 0.1) is 5.82 Å². The molecule has 3 nitrogen and oxygen atoms in total. The van der Waals surface area contributed by atoms with Gasteiger partial charge in [-0.05, 0) is 23.8 Å². The first-order chi connectivity index (χ1) is 7.63. The van der Waals surface area contributed by atoms with Crippen molar-refractivity contribution in [1.82, 2.24) is 9.78 Å². The number of anilines is 1. The fourth-order valence-corrected chi connectivity index (χ4v) is 1.67. The van der Waals surface area contributed by atoms with Crippen molar-refractivity contribution in [3.63, 3.8) is 0 Å². The van der Waals surface area contributed by atoms with Crippen LogP contribution in [0.5, 0.6) is 0 Å². The highest BCUT2D eigenvalue weighted by Gasteiger charge is 2.00. The van der Waals surface area contributed by atoms with E-state index < -0.39 is 0 Å². The van der Waals surface area contributed by atoms with Crippen LogP contribution in [0.3, 0.4) is 0 Å². The quantitative estimate of drug-likeness (QED) is 0.893. The summed E-state index contributed by atoms with van der Waals surface area (Å²) in [7, 11) is 1.84. The Labute approximate surface area is 97.8 Å². The van der Waals surface area contributed by atoms with E-state index in [2.05, 4.69) is 10.4 Å². The van der Waals surface area contributed by atoms with E-state index in [9.17, 15) is 4.39 Å². The summed E-state index contributed by atoms with van der Waals surface area (Å²) in [5.41, 5.74) is 1.69. The third-order valence-corrected chi connectivity index (χ3v) is 2.34. The van der Waals surface area contributed by atoms with Gasteiger partial charge in [0.1, 0.15) is 5.82 Å². The molecule has 0 atom stereocenters. The molecule has 84 valence electrons. The fraction of sp³-hybridized carbons (Fsp3) is 0.182. The van der Waals surface area contributed by atoms with Crippen LogP contribution in [0.25, 0.3) is 0 Å². The van der Waals surface area contributed by atoms with Crippen LogP contribution < -0.4 is 5.32 Å². The van der Waals surface area contributed by atoms with Crippen molar-refractivity contribution in [2.24, 2.45) is 7.05 Å². The zero-order chi connectivity index (χ0) is 11.5. The van der Waals surface area contributed by atoms with E-state index in [1.807, 2.05) is 13.2 Å². The highest BCUT2D eigenvalue weighted by Crippen LogP contribution is 2.15. The lowest BCUT2D eigenvalue weighted by Gasteiger charge is -2.04. The minimum Gasteiger partial charge on any atom is -0.378 e. The third-order valence-electron chi connectivity index (χ3n) is 2.12. The number of nitrogens with one attached hydrogen (secondary N) is 1. The highest BCUT2D eigenvalue weighted by molar-refractivity contribution is 6.30. The van der Waals surface area contributed by atoms with Gasteiger partial charge in [0.05, 0.1) is 11.9 Å². The first-order valence-electron chi connectivity index (χ1n) is 4.81. The molecule has 1 N–H and O–H groups in total.